The van der Waals surface area contributed by atoms with Gasteiger partial charge in [0.25, 0.3) is 0 Å². The predicted molar refractivity (Wildman–Crippen MR) is 75.4 cm³/mol. The summed E-state index contributed by atoms with van der Waals surface area (Å²) < 4.78 is 1.14. The van der Waals surface area contributed by atoms with E-state index in [1.807, 2.05) is 29.6 Å². The van der Waals surface area contributed by atoms with Crippen molar-refractivity contribution in [3.8, 4) is 0 Å². The molecule has 19 heavy (non-hydrogen) atoms. The minimum absolute atomic E-state index is 0.182. The number of carbonyl (C=O) groups is 2. The standard InChI is InChI=1S/C14H15NO3S/c1-9(14(17)18)15(2)13(16)7-10-8-19-12-6-4-3-5-11(10)12/h3-6,8-9H,7H2,1-2H3,(H,17,18). The number of carboxylic acid groups (broad SMARTS) is 1. The molecule has 0 aliphatic heterocycles. The van der Waals surface area contributed by atoms with Crippen LogP contribution in [-0.4, -0.2) is 35.0 Å². The fourth-order valence-corrected chi connectivity index (χ4v) is 2.80. The average molecular weight is 277 g/mol. The van der Waals surface area contributed by atoms with E-state index < -0.39 is 12.0 Å². The molecular formula is C14H15NO3S. The Morgan fingerprint density at radius 2 is 2.05 bits per heavy atom. The van der Waals surface area contributed by atoms with Crippen LogP contribution >= 0.6 is 11.3 Å². The van der Waals surface area contributed by atoms with E-state index in [0.29, 0.717) is 0 Å². The zero-order valence-electron chi connectivity index (χ0n) is 10.8. The smallest absolute Gasteiger partial charge is 0.326 e. The molecule has 5 heteroatoms. The lowest BCUT2D eigenvalue weighted by Crippen LogP contribution is -2.40. The molecule has 1 unspecified atom stereocenters. The Morgan fingerprint density at radius 1 is 1.37 bits per heavy atom. The predicted octanol–water partition coefficient (Wildman–Crippen LogP) is 2.38. The second-order valence-corrected chi connectivity index (χ2v) is 5.36. The Hall–Kier alpha value is -1.88. The van der Waals surface area contributed by atoms with Gasteiger partial charge < -0.3 is 10.0 Å². The first kappa shape index (κ1) is 13.5. The molecule has 2 rings (SSSR count). The highest BCUT2D eigenvalue weighted by Gasteiger charge is 2.22. The normalized spacial score (nSPS) is 12.3. The number of aliphatic carboxylic acids is 1. The first-order valence-electron chi connectivity index (χ1n) is 5.94. The van der Waals surface area contributed by atoms with Crippen molar-refractivity contribution in [2.45, 2.75) is 19.4 Å². The number of hydrogen-bond acceptors (Lipinski definition) is 3. The maximum atomic E-state index is 12.1. The lowest BCUT2D eigenvalue weighted by atomic mass is 10.1. The van der Waals surface area contributed by atoms with Crippen LogP contribution in [0.4, 0.5) is 0 Å². The molecule has 0 spiro atoms. The minimum Gasteiger partial charge on any atom is -0.480 e. The van der Waals surface area contributed by atoms with Crippen molar-refractivity contribution in [2.24, 2.45) is 0 Å². The molecule has 1 amide bonds. The van der Waals surface area contributed by atoms with Gasteiger partial charge in [0, 0.05) is 11.7 Å². The van der Waals surface area contributed by atoms with Gasteiger partial charge in [-0.3, -0.25) is 4.79 Å². The third kappa shape index (κ3) is 2.76. The molecule has 0 radical (unpaired) electrons. The summed E-state index contributed by atoms with van der Waals surface area (Å²) in [7, 11) is 1.52. The molecule has 0 saturated heterocycles. The van der Waals surface area contributed by atoms with Gasteiger partial charge in [-0.15, -0.1) is 11.3 Å². The molecule has 0 bridgehead atoms. The van der Waals surface area contributed by atoms with Gasteiger partial charge in [0.2, 0.25) is 5.91 Å². The van der Waals surface area contributed by atoms with Crippen molar-refractivity contribution in [3.63, 3.8) is 0 Å². The van der Waals surface area contributed by atoms with E-state index >= 15 is 0 Å². The number of carbonyl (C=O) groups excluding carboxylic acids is 1. The highest BCUT2D eigenvalue weighted by molar-refractivity contribution is 7.17. The molecule has 1 heterocycles. The molecule has 0 saturated carbocycles. The molecule has 100 valence electrons. The Balaban J connectivity index is 2.17. The summed E-state index contributed by atoms with van der Waals surface area (Å²) >= 11 is 1.60. The van der Waals surface area contributed by atoms with Crippen molar-refractivity contribution in [1.29, 1.82) is 0 Å². The van der Waals surface area contributed by atoms with Crippen LogP contribution in [0.25, 0.3) is 10.1 Å². The van der Waals surface area contributed by atoms with Gasteiger partial charge in [-0.2, -0.15) is 0 Å². The van der Waals surface area contributed by atoms with Gasteiger partial charge in [0.05, 0.1) is 6.42 Å². The van der Waals surface area contributed by atoms with E-state index in [0.717, 1.165) is 15.6 Å². The second-order valence-electron chi connectivity index (χ2n) is 4.45. The summed E-state index contributed by atoms with van der Waals surface area (Å²) in [6.45, 7) is 1.51. The molecule has 0 aliphatic rings. The van der Waals surface area contributed by atoms with Crippen LogP contribution in [-0.2, 0) is 16.0 Å². The van der Waals surface area contributed by atoms with Crippen molar-refractivity contribution < 1.29 is 14.7 Å². The Morgan fingerprint density at radius 3 is 2.74 bits per heavy atom. The zero-order chi connectivity index (χ0) is 14.0. The van der Waals surface area contributed by atoms with Crippen LogP contribution < -0.4 is 0 Å². The number of thiophene rings is 1. The van der Waals surface area contributed by atoms with Crippen LogP contribution in [0.2, 0.25) is 0 Å². The van der Waals surface area contributed by atoms with Gasteiger partial charge >= 0.3 is 5.97 Å². The minimum atomic E-state index is -0.994. The molecular weight excluding hydrogens is 262 g/mol. The Kier molecular flexibility index (Phi) is 3.85. The molecule has 0 aliphatic carbocycles. The van der Waals surface area contributed by atoms with Crippen molar-refractivity contribution >= 4 is 33.3 Å². The zero-order valence-corrected chi connectivity index (χ0v) is 11.6. The van der Waals surface area contributed by atoms with E-state index in [1.54, 1.807) is 11.3 Å². The average Bonchev–Trinajstić information content (AvgIpc) is 2.80. The fourth-order valence-electron chi connectivity index (χ4n) is 1.84. The number of amides is 1. The Labute approximate surface area is 115 Å². The molecule has 1 atom stereocenters. The van der Waals surface area contributed by atoms with E-state index in [1.165, 1.54) is 18.9 Å². The third-order valence-electron chi connectivity index (χ3n) is 3.23. The monoisotopic (exact) mass is 277 g/mol. The molecule has 1 aromatic heterocycles. The van der Waals surface area contributed by atoms with Gasteiger partial charge in [-0.1, -0.05) is 18.2 Å². The lowest BCUT2D eigenvalue weighted by Gasteiger charge is -2.21. The number of nitrogens with zero attached hydrogens (tertiary/aromatic N) is 1. The van der Waals surface area contributed by atoms with Gasteiger partial charge in [-0.25, -0.2) is 4.79 Å². The van der Waals surface area contributed by atoms with E-state index in [-0.39, 0.29) is 12.3 Å². The summed E-state index contributed by atoms with van der Waals surface area (Å²) in [4.78, 5) is 24.2. The number of carboxylic acids is 1. The summed E-state index contributed by atoms with van der Waals surface area (Å²) in [6.07, 6.45) is 0.234. The van der Waals surface area contributed by atoms with Crippen LogP contribution in [0.15, 0.2) is 29.6 Å². The van der Waals surface area contributed by atoms with E-state index in [9.17, 15) is 9.59 Å². The lowest BCUT2D eigenvalue weighted by molar-refractivity contribution is -0.147. The number of rotatable bonds is 4. The van der Waals surface area contributed by atoms with Crippen LogP contribution in [0.3, 0.4) is 0 Å². The van der Waals surface area contributed by atoms with Gasteiger partial charge in [-0.05, 0) is 29.3 Å². The molecule has 0 fully saturated rings. The highest BCUT2D eigenvalue weighted by Crippen LogP contribution is 2.26. The number of likely N-dealkylation sites (N-methyl/N-ethyl adjacent to an activating group) is 1. The van der Waals surface area contributed by atoms with Crippen LogP contribution in [0.5, 0.6) is 0 Å². The van der Waals surface area contributed by atoms with Crippen molar-refractivity contribution in [3.05, 3.63) is 35.2 Å². The molecule has 4 nitrogen and oxygen atoms in total. The maximum absolute atomic E-state index is 12.1. The summed E-state index contributed by atoms with van der Waals surface area (Å²) in [5, 5.41) is 11.9. The van der Waals surface area contributed by atoms with Crippen molar-refractivity contribution in [1.82, 2.24) is 4.90 Å². The van der Waals surface area contributed by atoms with Gasteiger partial charge in [0.15, 0.2) is 0 Å². The maximum Gasteiger partial charge on any atom is 0.326 e. The summed E-state index contributed by atoms with van der Waals surface area (Å²) in [5.41, 5.74) is 0.954. The molecule has 1 aromatic carbocycles. The van der Waals surface area contributed by atoms with Gasteiger partial charge in [0.1, 0.15) is 6.04 Å². The van der Waals surface area contributed by atoms with Crippen LogP contribution in [0.1, 0.15) is 12.5 Å². The largest absolute Gasteiger partial charge is 0.480 e. The number of benzene rings is 1. The quantitative estimate of drug-likeness (QED) is 0.933. The van der Waals surface area contributed by atoms with Crippen molar-refractivity contribution in [2.75, 3.05) is 7.05 Å². The summed E-state index contributed by atoms with van der Waals surface area (Å²) in [5.74, 6) is -1.18. The topological polar surface area (TPSA) is 57.6 Å². The third-order valence-corrected chi connectivity index (χ3v) is 4.25. The molecule has 1 N–H and O–H groups in total. The number of fused-ring (bicyclic) bond motifs is 1. The first-order chi connectivity index (χ1) is 9.00. The van der Waals surface area contributed by atoms with Crippen LogP contribution in [0, 0.1) is 0 Å². The second kappa shape index (κ2) is 5.40. The molecule has 2 aromatic rings. The highest BCUT2D eigenvalue weighted by atomic mass is 32.1. The van der Waals surface area contributed by atoms with E-state index in [2.05, 4.69) is 0 Å². The number of hydrogen-bond donors (Lipinski definition) is 1. The van der Waals surface area contributed by atoms with E-state index in [4.69, 9.17) is 5.11 Å². The SMILES string of the molecule is CC(C(=O)O)N(C)C(=O)Cc1csc2ccccc12. The Bertz CT molecular complexity index is 620. The summed E-state index contributed by atoms with van der Waals surface area (Å²) in [6, 6.07) is 7.08. The first-order valence-corrected chi connectivity index (χ1v) is 6.82. The fraction of sp³-hybridized carbons (Fsp3) is 0.286.